The Bertz CT molecular complexity index is 146. The topological polar surface area (TPSA) is 110 Å². The third-order valence-electron chi connectivity index (χ3n) is 1.85. The number of aliphatic hydroxyl groups is 4. The molecule has 0 saturated carbocycles. The van der Waals surface area contributed by atoms with Crippen molar-refractivity contribution in [2.45, 2.75) is 30.7 Å². The zero-order chi connectivity index (χ0) is 9.30. The van der Waals surface area contributed by atoms with E-state index < -0.39 is 37.3 Å². The maximum absolute atomic E-state index is 10.7. The molecule has 1 heterocycles. The summed E-state index contributed by atoms with van der Waals surface area (Å²) in [4.78, 5) is 0. The van der Waals surface area contributed by atoms with Crippen molar-refractivity contribution in [1.29, 1.82) is 0 Å². The average Bonchev–Trinajstić information content (AvgIpc) is 2.08. The molecule has 6 nitrogen and oxygen atoms in total. The second-order valence-electron chi connectivity index (χ2n) is 2.70. The molecule has 1 radical (unpaired) electrons. The fourth-order valence-corrected chi connectivity index (χ4v) is 1.07. The molecule has 1 fully saturated rings. The summed E-state index contributed by atoms with van der Waals surface area (Å²) in [6, 6.07) is 0. The minimum absolute atomic E-state index is 0.566. The van der Waals surface area contributed by atoms with Crippen molar-refractivity contribution in [3.63, 3.8) is 0 Å². The molecule has 1 aliphatic rings. The van der Waals surface area contributed by atoms with Crippen LogP contribution in [0.15, 0.2) is 0 Å². The molecule has 0 spiro atoms. The van der Waals surface area contributed by atoms with Gasteiger partial charge in [-0.05, 0) is 0 Å². The van der Waals surface area contributed by atoms with Gasteiger partial charge < -0.3 is 25.2 Å². The predicted octanol–water partition coefficient (Wildman–Crippen LogP) is -2.78. The second-order valence-corrected chi connectivity index (χ2v) is 2.70. The van der Waals surface area contributed by atoms with E-state index in [2.05, 4.69) is 4.74 Å². The second kappa shape index (κ2) is 3.65. The van der Waals surface area contributed by atoms with Gasteiger partial charge in [-0.1, -0.05) is 0 Å². The van der Waals surface area contributed by atoms with Crippen molar-refractivity contribution >= 4 is 0 Å². The van der Waals surface area contributed by atoms with Gasteiger partial charge in [0.25, 0.3) is 0 Å². The van der Waals surface area contributed by atoms with Gasteiger partial charge >= 0.3 is 0 Å². The third kappa shape index (κ3) is 1.58. The molecular weight excluding hydrogens is 168 g/mol. The van der Waals surface area contributed by atoms with Crippen LogP contribution in [-0.2, 0) is 9.84 Å². The zero-order valence-electron chi connectivity index (χ0n) is 6.20. The van der Waals surface area contributed by atoms with E-state index in [4.69, 9.17) is 20.4 Å². The average molecular weight is 179 g/mol. The Morgan fingerprint density at radius 3 is 2.17 bits per heavy atom. The monoisotopic (exact) mass is 179 g/mol. The number of hydrogen-bond donors (Lipinski definition) is 4. The summed E-state index contributed by atoms with van der Waals surface area (Å²) in [7, 11) is 0. The fraction of sp³-hybridized carbons (Fsp3) is 1.00. The van der Waals surface area contributed by atoms with Gasteiger partial charge in [-0.15, -0.1) is 0 Å². The highest BCUT2D eigenvalue weighted by molar-refractivity contribution is 4.87. The molecule has 1 aliphatic heterocycles. The van der Waals surface area contributed by atoms with Gasteiger partial charge in [-0.3, -0.25) is 0 Å². The number of rotatable bonds is 1. The van der Waals surface area contributed by atoms with E-state index in [-0.39, 0.29) is 0 Å². The summed E-state index contributed by atoms with van der Waals surface area (Å²) < 4.78 is 4.46. The van der Waals surface area contributed by atoms with Crippen molar-refractivity contribution in [3.8, 4) is 0 Å². The van der Waals surface area contributed by atoms with Gasteiger partial charge in [0, 0.05) is 0 Å². The molecule has 1 saturated heterocycles. The molecular formula is C6H11O6. The lowest BCUT2D eigenvalue weighted by molar-refractivity contribution is -0.303. The molecule has 5 atom stereocenters. The lowest BCUT2D eigenvalue weighted by Gasteiger charge is -2.36. The van der Waals surface area contributed by atoms with E-state index in [1.807, 2.05) is 0 Å². The summed E-state index contributed by atoms with van der Waals surface area (Å²) in [6.07, 6.45) is -7.57. The van der Waals surface area contributed by atoms with Gasteiger partial charge in [0.2, 0.25) is 6.29 Å². The highest BCUT2D eigenvalue weighted by Gasteiger charge is 2.43. The molecule has 12 heavy (non-hydrogen) atoms. The maximum Gasteiger partial charge on any atom is 0.220 e. The quantitative estimate of drug-likeness (QED) is 0.348. The van der Waals surface area contributed by atoms with Crippen LogP contribution in [0.3, 0.4) is 0 Å². The largest absolute Gasteiger partial charge is 0.394 e. The number of aliphatic hydroxyl groups excluding tert-OH is 4. The van der Waals surface area contributed by atoms with Gasteiger partial charge in [-0.2, -0.15) is 5.11 Å². The van der Waals surface area contributed by atoms with Crippen molar-refractivity contribution in [2.24, 2.45) is 0 Å². The van der Waals surface area contributed by atoms with E-state index in [0.717, 1.165) is 0 Å². The van der Waals surface area contributed by atoms with Crippen LogP contribution < -0.4 is 0 Å². The first-order valence-corrected chi connectivity index (χ1v) is 3.54. The van der Waals surface area contributed by atoms with E-state index in [9.17, 15) is 5.11 Å². The molecule has 0 aromatic carbocycles. The highest BCUT2D eigenvalue weighted by Crippen LogP contribution is 2.19. The van der Waals surface area contributed by atoms with Crippen LogP contribution in [0, 0.1) is 0 Å². The summed E-state index contributed by atoms with van der Waals surface area (Å²) in [5.74, 6) is 0. The van der Waals surface area contributed by atoms with Crippen LogP contribution in [0.5, 0.6) is 0 Å². The Kier molecular flexibility index (Phi) is 2.99. The minimum Gasteiger partial charge on any atom is -0.394 e. The van der Waals surface area contributed by atoms with Crippen molar-refractivity contribution in [2.75, 3.05) is 6.61 Å². The Labute approximate surface area is 68.6 Å². The Hall–Kier alpha value is -0.240. The molecule has 0 bridgehead atoms. The lowest BCUT2D eigenvalue weighted by atomic mass is 10.00. The summed E-state index contributed by atoms with van der Waals surface area (Å²) >= 11 is 0. The predicted molar refractivity (Wildman–Crippen MR) is 34.5 cm³/mol. The lowest BCUT2D eigenvalue weighted by Crippen LogP contribution is -2.58. The van der Waals surface area contributed by atoms with Crippen LogP contribution in [-0.4, -0.2) is 57.7 Å². The first kappa shape index (κ1) is 9.85. The van der Waals surface area contributed by atoms with Crippen LogP contribution in [0.4, 0.5) is 0 Å². The third-order valence-corrected chi connectivity index (χ3v) is 1.85. The summed E-state index contributed by atoms with van der Waals surface area (Å²) in [5, 5.41) is 46.3. The van der Waals surface area contributed by atoms with E-state index in [1.165, 1.54) is 0 Å². The van der Waals surface area contributed by atoms with Crippen molar-refractivity contribution < 1.29 is 30.3 Å². The smallest absolute Gasteiger partial charge is 0.220 e. The molecule has 1 unspecified atom stereocenters. The first-order chi connectivity index (χ1) is 5.57. The van der Waals surface area contributed by atoms with Gasteiger partial charge in [-0.25, -0.2) is 0 Å². The molecule has 0 aliphatic carbocycles. The highest BCUT2D eigenvalue weighted by atomic mass is 16.6. The van der Waals surface area contributed by atoms with Gasteiger partial charge in [0.1, 0.15) is 24.4 Å². The van der Waals surface area contributed by atoms with Crippen LogP contribution >= 0.6 is 0 Å². The number of hydrogen-bond acceptors (Lipinski definition) is 5. The number of ether oxygens (including phenoxy) is 1. The fourth-order valence-electron chi connectivity index (χ4n) is 1.07. The molecule has 71 valence electrons. The Morgan fingerprint density at radius 2 is 1.67 bits per heavy atom. The zero-order valence-corrected chi connectivity index (χ0v) is 6.20. The first-order valence-electron chi connectivity index (χ1n) is 3.54. The molecule has 4 N–H and O–H groups in total. The maximum atomic E-state index is 10.7. The SMILES string of the molecule is [O]C1O[C@H](CO)[C@H](O)[C@H](O)[C@@H]1O. The van der Waals surface area contributed by atoms with Crippen LogP contribution in [0.25, 0.3) is 0 Å². The van der Waals surface area contributed by atoms with E-state index in [0.29, 0.717) is 0 Å². The van der Waals surface area contributed by atoms with E-state index in [1.54, 1.807) is 0 Å². The standard InChI is InChI=1S/C6H11O6/c7-1-2-3(8)4(9)5(10)6(11)12-2/h2-10H,1H2/t2-,3+,4+,5+,6?/m1/s1. The van der Waals surface area contributed by atoms with Crippen LogP contribution in [0.1, 0.15) is 0 Å². The molecule has 0 aromatic rings. The van der Waals surface area contributed by atoms with E-state index >= 15 is 0 Å². The summed E-state index contributed by atoms with van der Waals surface area (Å²) in [6.45, 7) is -0.566. The van der Waals surface area contributed by atoms with Crippen molar-refractivity contribution in [3.05, 3.63) is 0 Å². The Balaban J connectivity index is 2.63. The van der Waals surface area contributed by atoms with Crippen molar-refractivity contribution in [1.82, 2.24) is 0 Å². The normalized spacial score (nSPS) is 49.2. The van der Waals surface area contributed by atoms with Gasteiger partial charge in [0.05, 0.1) is 6.61 Å². The Morgan fingerprint density at radius 1 is 1.08 bits per heavy atom. The summed E-state index contributed by atoms with van der Waals surface area (Å²) in [5.41, 5.74) is 0. The minimum atomic E-state index is -1.82. The van der Waals surface area contributed by atoms with Crippen LogP contribution in [0.2, 0.25) is 0 Å². The molecule has 6 heteroatoms. The molecule has 1 rings (SSSR count). The molecule has 0 aromatic heterocycles. The molecule has 0 amide bonds. The van der Waals surface area contributed by atoms with Gasteiger partial charge in [0.15, 0.2) is 0 Å².